The van der Waals surface area contributed by atoms with E-state index in [9.17, 15) is 0 Å². The molecule has 1 aliphatic rings. The molecule has 0 aromatic rings. The largest absolute Gasteiger partial charge is 0.315 e. The van der Waals surface area contributed by atoms with E-state index in [0.717, 1.165) is 24.3 Å². The van der Waals surface area contributed by atoms with E-state index in [1.807, 2.05) is 0 Å². The Morgan fingerprint density at radius 1 is 0.944 bits per heavy atom. The van der Waals surface area contributed by atoms with Gasteiger partial charge in [-0.2, -0.15) is 0 Å². The van der Waals surface area contributed by atoms with Crippen molar-refractivity contribution in [3.05, 3.63) is 0 Å². The monoisotopic (exact) mass is 255 g/mol. The average molecular weight is 255 g/mol. The van der Waals surface area contributed by atoms with Gasteiger partial charge >= 0.3 is 0 Å². The lowest BCUT2D eigenvalue weighted by atomic mass is 9.85. The van der Waals surface area contributed by atoms with Crippen LogP contribution in [0, 0.1) is 17.8 Å². The molecule has 0 aromatic heterocycles. The summed E-state index contributed by atoms with van der Waals surface area (Å²) in [4.78, 5) is 4.99. The van der Waals surface area contributed by atoms with Crippen LogP contribution in [-0.2, 0) is 0 Å². The fourth-order valence-corrected chi connectivity index (χ4v) is 2.82. The zero-order chi connectivity index (χ0) is 13.5. The first-order valence-electron chi connectivity index (χ1n) is 7.62. The predicted octanol–water partition coefficient (Wildman–Crippen LogP) is 1.75. The predicted molar refractivity (Wildman–Crippen MR) is 80.0 cm³/mol. The van der Waals surface area contributed by atoms with Gasteiger partial charge < -0.3 is 10.2 Å². The minimum Gasteiger partial charge on any atom is -0.315 e. The molecule has 108 valence electrons. The summed E-state index contributed by atoms with van der Waals surface area (Å²) in [5, 5.41) is 3.65. The highest BCUT2D eigenvalue weighted by Crippen LogP contribution is 2.19. The van der Waals surface area contributed by atoms with Crippen LogP contribution in [0.3, 0.4) is 0 Å². The fraction of sp³-hybridized carbons (Fsp3) is 1.00. The van der Waals surface area contributed by atoms with Crippen LogP contribution >= 0.6 is 0 Å². The van der Waals surface area contributed by atoms with E-state index < -0.39 is 0 Å². The van der Waals surface area contributed by atoms with Crippen LogP contribution in [0.1, 0.15) is 27.7 Å². The van der Waals surface area contributed by atoms with Crippen LogP contribution < -0.4 is 5.32 Å². The topological polar surface area (TPSA) is 18.5 Å². The SMILES string of the molecule is CC(C)C(CNCCN1CCN(C)CC1)C(C)C. The molecular formula is C15H33N3. The quantitative estimate of drug-likeness (QED) is 0.699. The standard InChI is InChI=1S/C15H33N3/c1-13(2)15(14(3)4)12-16-6-7-18-10-8-17(5)9-11-18/h13-16H,6-12H2,1-5H3. The van der Waals surface area contributed by atoms with Crippen molar-refractivity contribution in [3.8, 4) is 0 Å². The average Bonchev–Trinajstić information content (AvgIpc) is 2.30. The molecule has 0 aromatic carbocycles. The highest BCUT2D eigenvalue weighted by atomic mass is 15.2. The van der Waals surface area contributed by atoms with Crippen molar-refractivity contribution < 1.29 is 0 Å². The lowest BCUT2D eigenvalue weighted by molar-refractivity contribution is 0.153. The number of likely N-dealkylation sites (N-methyl/N-ethyl adjacent to an activating group) is 1. The maximum atomic E-state index is 3.65. The second kappa shape index (κ2) is 8.13. The number of piperazine rings is 1. The molecule has 1 saturated heterocycles. The van der Waals surface area contributed by atoms with E-state index in [-0.39, 0.29) is 0 Å². The zero-order valence-electron chi connectivity index (χ0n) is 13.1. The molecule has 0 amide bonds. The summed E-state index contributed by atoms with van der Waals surface area (Å²) in [5.41, 5.74) is 0. The van der Waals surface area contributed by atoms with Gasteiger partial charge in [-0.1, -0.05) is 27.7 Å². The molecule has 0 saturated carbocycles. The number of nitrogens with zero attached hydrogens (tertiary/aromatic N) is 2. The van der Waals surface area contributed by atoms with E-state index in [1.54, 1.807) is 0 Å². The molecule has 3 nitrogen and oxygen atoms in total. The van der Waals surface area contributed by atoms with Gasteiger partial charge in [0.05, 0.1) is 0 Å². The molecule has 1 aliphatic heterocycles. The smallest absolute Gasteiger partial charge is 0.0110 e. The summed E-state index contributed by atoms with van der Waals surface area (Å²) in [7, 11) is 2.21. The minimum atomic E-state index is 0.779. The van der Waals surface area contributed by atoms with Crippen LogP contribution in [0.15, 0.2) is 0 Å². The fourth-order valence-electron chi connectivity index (χ4n) is 2.82. The summed E-state index contributed by atoms with van der Waals surface area (Å²) in [5.74, 6) is 2.36. The van der Waals surface area contributed by atoms with Crippen LogP contribution in [0.4, 0.5) is 0 Å². The Hall–Kier alpha value is -0.120. The third kappa shape index (κ3) is 5.68. The van der Waals surface area contributed by atoms with Crippen LogP contribution in [0.5, 0.6) is 0 Å². The molecule has 0 spiro atoms. The van der Waals surface area contributed by atoms with Gasteiger partial charge in [-0.05, 0) is 31.3 Å². The second-order valence-corrected chi connectivity index (χ2v) is 6.50. The molecule has 3 heteroatoms. The maximum absolute atomic E-state index is 3.65. The Labute approximate surface area is 114 Å². The van der Waals surface area contributed by atoms with Gasteiger partial charge in [0, 0.05) is 39.3 Å². The molecule has 1 fully saturated rings. The van der Waals surface area contributed by atoms with Crippen molar-refractivity contribution in [2.24, 2.45) is 17.8 Å². The van der Waals surface area contributed by atoms with Crippen LogP contribution in [-0.4, -0.2) is 62.7 Å². The normalized spacial score (nSPS) is 19.3. The van der Waals surface area contributed by atoms with Gasteiger partial charge in [-0.3, -0.25) is 4.90 Å². The molecule has 0 radical (unpaired) electrons. The van der Waals surface area contributed by atoms with E-state index >= 15 is 0 Å². The van der Waals surface area contributed by atoms with Crippen LogP contribution in [0.2, 0.25) is 0 Å². The van der Waals surface area contributed by atoms with E-state index in [2.05, 4.69) is 49.9 Å². The van der Waals surface area contributed by atoms with Gasteiger partial charge in [0.25, 0.3) is 0 Å². The lowest BCUT2D eigenvalue weighted by Crippen LogP contribution is -2.46. The number of hydrogen-bond donors (Lipinski definition) is 1. The van der Waals surface area contributed by atoms with Gasteiger partial charge in [-0.15, -0.1) is 0 Å². The molecule has 0 atom stereocenters. The van der Waals surface area contributed by atoms with Gasteiger partial charge in [0.15, 0.2) is 0 Å². The second-order valence-electron chi connectivity index (χ2n) is 6.50. The molecule has 1 N–H and O–H groups in total. The van der Waals surface area contributed by atoms with Crippen molar-refractivity contribution in [1.82, 2.24) is 15.1 Å². The maximum Gasteiger partial charge on any atom is 0.0110 e. The molecule has 0 bridgehead atoms. The van der Waals surface area contributed by atoms with Crippen molar-refractivity contribution in [2.75, 3.05) is 52.9 Å². The van der Waals surface area contributed by atoms with Crippen molar-refractivity contribution in [3.63, 3.8) is 0 Å². The Morgan fingerprint density at radius 2 is 1.50 bits per heavy atom. The Bertz CT molecular complexity index is 200. The zero-order valence-corrected chi connectivity index (χ0v) is 13.1. The molecular weight excluding hydrogens is 222 g/mol. The van der Waals surface area contributed by atoms with Gasteiger partial charge in [-0.25, -0.2) is 0 Å². The summed E-state index contributed by atoms with van der Waals surface area (Å²) in [6.45, 7) is 17.8. The van der Waals surface area contributed by atoms with Crippen molar-refractivity contribution in [1.29, 1.82) is 0 Å². The Morgan fingerprint density at radius 3 is 2.00 bits per heavy atom. The van der Waals surface area contributed by atoms with E-state index in [1.165, 1.54) is 39.3 Å². The molecule has 18 heavy (non-hydrogen) atoms. The Balaban J connectivity index is 2.10. The Kier molecular flexibility index (Phi) is 7.20. The van der Waals surface area contributed by atoms with Gasteiger partial charge in [0.1, 0.15) is 0 Å². The van der Waals surface area contributed by atoms with Crippen molar-refractivity contribution >= 4 is 0 Å². The number of nitrogens with one attached hydrogen (secondary N) is 1. The summed E-state index contributed by atoms with van der Waals surface area (Å²) in [6, 6.07) is 0. The third-order valence-corrected chi connectivity index (χ3v) is 4.29. The molecule has 1 heterocycles. The third-order valence-electron chi connectivity index (χ3n) is 4.29. The number of hydrogen-bond acceptors (Lipinski definition) is 3. The lowest BCUT2D eigenvalue weighted by Gasteiger charge is -2.32. The summed E-state index contributed by atoms with van der Waals surface area (Å²) >= 11 is 0. The molecule has 1 rings (SSSR count). The summed E-state index contributed by atoms with van der Waals surface area (Å²) in [6.07, 6.45) is 0. The van der Waals surface area contributed by atoms with E-state index in [4.69, 9.17) is 0 Å². The molecule has 0 aliphatic carbocycles. The number of rotatable bonds is 7. The van der Waals surface area contributed by atoms with Crippen molar-refractivity contribution in [2.45, 2.75) is 27.7 Å². The first-order chi connectivity index (χ1) is 8.50. The highest BCUT2D eigenvalue weighted by Gasteiger charge is 2.17. The highest BCUT2D eigenvalue weighted by molar-refractivity contribution is 4.72. The van der Waals surface area contributed by atoms with Gasteiger partial charge in [0.2, 0.25) is 0 Å². The van der Waals surface area contributed by atoms with Crippen LogP contribution in [0.25, 0.3) is 0 Å². The van der Waals surface area contributed by atoms with E-state index in [0.29, 0.717) is 0 Å². The first-order valence-corrected chi connectivity index (χ1v) is 7.62. The minimum absolute atomic E-state index is 0.779. The summed E-state index contributed by atoms with van der Waals surface area (Å²) < 4.78 is 0. The molecule has 0 unspecified atom stereocenters. The first kappa shape index (κ1) is 15.9.